The minimum Gasteiger partial charge on any atom is -0.489 e. The van der Waals surface area contributed by atoms with Crippen LogP contribution in [0.2, 0.25) is 0 Å². The van der Waals surface area contributed by atoms with Crippen molar-refractivity contribution >= 4 is 11.5 Å². The van der Waals surface area contributed by atoms with Gasteiger partial charge >= 0.3 is 5.56 Å². The van der Waals surface area contributed by atoms with Gasteiger partial charge < -0.3 is 35.4 Å². The number of aliphatic hydroxyl groups is 3. The largest absolute Gasteiger partial charge is 0.489 e. The molecule has 0 bridgehead atoms. The highest BCUT2D eigenvalue weighted by Gasteiger charge is 2.45. The number of nitrogens with one attached hydrogen (secondary N) is 2. The number of fused-ring (bicyclic) bond motifs is 1. The van der Waals surface area contributed by atoms with E-state index in [0.29, 0.717) is 24.6 Å². The maximum atomic E-state index is 12.5. The van der Waals surface area contributed by atoms with Crippen LogP contribution in [-0.4, -0.2) is 70.2 Å². The highest BCUT2D eigenvalue weighted by molar-refractivity contribution is 5.72. The molecule has 3 rings (SSSR count). The molecule has 2 aliphatic heterocycles. The maximum Gasteiger partial charge on any atom is 0.313 e. The first-order valence-corrected chi connectivity index (χ1v) is 6.89. The molecule has 5 N–H and O–H groups in total. The van der Waals surface area contributed by atoms with Crippen molar-refractivity contribution in [1.29, 1.82) is 0 Å². The molecule has 4 atom stereocenters. The molecule has 1 aromatic heterocycles. The SMILES string of the molecule is COc1c2c(nn([C@@H]3O[C@H](CO)[C@@H](O)[C@H]3O)c1=O)NCCN2. The maximum absolute atomic E-state index is 12.5. The lowest BCUT2D eigenvalue weighted by atomic mass is 10.1. The molecule has 0 amide bonds. The number of methoxy groups -OCH3 is 1. The van der Waals surface area contributed by atoms with Crippen molar-refractivity contribution in [3.63, 3.8) is 0 Å². The van der Waals surface area contributed by atoms with E-state index in [2.05, 4.69) is 15.7 Å². The fourth-order valence-corrected chi connectivity index (χ4v) is 2.62. The molecule has 22 heavy (non-hydrogen) atoms. The van der Waals surface area contributed by atoms with Crippen LogP contribution in [0.5, 0.6) is 5.75 Å². The van der Waals surface area contributed by atoms with Gasteiger partial charge in [-0.05, 0) is 0 Å². The number of ether oxygens (including phenoxy) is 2. The van der Waals surface area contributed by atoms with E-state index in [-0.39, 0.29) is 5.75 Å². The smallest absolute Gasteiger partial charge is 0.313 e. The zero-order chi connectivity index (χ0) is 15.9. The van der Waals surface area contributed by atoms with Crippen LogP contribution in [0.3, 0.4) is 0 Å². The minimum absolute atomic E-state index is 0.0370. The Morgan fingerprint density at radius 3 is 2.73 bits per heavy atom. The number of aromatic nitrogens is 2. The number of nitrogens with zero attached hydrogens (tertiary/aromatic N) is 2. The van der Waals surface area contributed by atoms with Gasteiger partial charge in [-0.1, -0.05) is 0 Å². The van der Waals surface area contributed by atoms with Gasteiger partial charge in [0.1, 0.15) is 24.0 Å². The summed E-state index contributed by atoms with van der Waals surface area (Å²) in [5.41, 5.74) is -0.158. The third kappa shape index (κ3) is 2.20. The van der Waals surface area contributed by atoms with Crippen molar-refractivity contribution < 1.29 is 24.8 Å². The van der Waals surface area contributed by atoms with E-state index >= 15 is 0 Å². The van der Waals surface area contributed by atoms with Crippen molar-refractivity contribution in [3.05, 3.63) is 10.4 Å². The summed E-state index contributed by atoms with van der Waals surface area (Å²) in [7, 11) is 1.36. The van der Waals surface area contributed by atoms with Gasteiger partial charge in [0.15, 0.2) is 12.0 Å². The van der Waals surface area contributed by atoms with Crippen LogP contribution in [0, 0.1) is 0 Å². The van der Waals surface area contributed by atoms with Crippen molar-refractivity contribution in [2.24, 2.45) is 0 Å². The van der Waals surface area contributed by atoms with Gasteiger partial charge in [0.05, 0.1) is 13.7 Å². The van der Waals surface area contributed by atoms with Gasteiger partial charge in [-0.2, -0.15) is 4.68 Å². The monoisotopic (exact) mass is 314 g/mol. The molecule has 0 aliphatic carbocycles. The third-order valence-corrected chi connectivity index (χ3v) is 3.76. The Bertz CT molecular complexity index is 620. The second-order valence-electron chi connectivity index (χ2n) is 5.09. The topological polar surface area (TPSA) is 138 Å². The van der Waals surface area contributed by atoms with Crippen molar-refractivity contribution in [1.82, 2.24) is 9.78 Å². The molecule has 0 radical (unpaired) electrons. The summed E-state index contributed by atoms with van der Waals surface area (Å²) in [6.45, 7) is 0.741. The quantitative estimate of drug-likeness (QED) is 0.417. The zero-order valence-corrected chi connectivity index (χ0v) is 11.9. The fourth-order valence-electron chi connectivity index (χ4n) is 2.62. The molecule has 122 valence electrons. The molecule has 10 heteroatoms. The molecule has 10 nitrogen and oxygen atoms in total. The molecule has 0 saturated carbocycles. The first kappa shape index (κ1) is 15.0. The van der Waals surface area contributed by atoms with E-state index in [9.17, 15) is 15.0 Å². The van der Waals surface area contributed by atoms with Crippen LogP contribution in [0.15, 0.2) is 4.79 Å². The fraction of sp³-hybridized carbons (Fsp3) is 0.667. The lowest BCUT2D eigenvalue weighted by Gasteiger charge is -2.24. The number of aliphatic hydroxyl groups excluding tert-OH is 3. The number of anilines is 2. The zero-order valence-electron chi connectivity index (χ0n) is 11.9. The van der Waals surface area contributed by atoms with Crippen LogP contribution in [0.25, 0.3) is 0 Å². The Hall–Kier alpha value is -1.88. The van der Waals surface area contributed by atoms with Crippen molar-refractivity contribution in [2.75, 3.05) is 37.4 Å². The van der Waals surface area contributed by atoms with Gasteiger partial charge in [0, 0.05) is 13.1 Å². The van der Waals surface area contributed by atoms with E-state index in [1.807, 2.05) is 0 Å². The van der Waals surface area contributed by atoms with Crippen LogP contribution >= 0.6 is 0 Å². The third-order valence-electron chi connectivity index (χ3n) is 3.76. The summed E-state index contributed by atoms with van der Waals surface area (Å²) in [6.07, 6.45) is -4.89. The van der Waals surface area contributed by atoms with E-state index in [0.717, 1.165) is 4.68 Å². The first-order valence-electron chi connectivity index (χ1n) is 6.89. The summed E-state index contributed by atoms with van der Waals surface area (Å²) in [6, 6.07) is 0. The van der Waals surface area contributed by atoms with E-state index < -0.39 is 36.7 Å². The molecular formula is C12H18N4O6. The van der Waals surface area contributed by atoms with Gasteiger partial charge in [-0.25, -0.2) is 0 Å². The molecule has 2 aliphatic rings. The van der Waals surface area contributed by atoms with Crippen LogP contribution in [0.4, 0.5) is 11.5 Å². The molecular weight excluding hydrogens is 296 g/mol. The molecule has 0 unspecified atom stereocenters. The average Bonchev–Trinajstić information content (AvgIpc) is 2.82. The van der Waals surface area contributed by atoms with E-state index in [1.54, 1.807) is 0 Å². The average molecular weight is 314 g/mol. The Balaban J connectivity index is 2.06. The highest BCUT2D eigenvalue weighted by atomic mass is 16.6. The van der Waals surface area contributed by atoms with Crippen LogP contribution in [0.1, 0.15) is 6.23 Å². The molecule has 1 aromatic rings. The summed E-state index contributed by atoms with van der Waals surface area (Å²) in [4.78, 5) is 12.5. The molecule has 1 saturated heterocycles. The Labute approximate surface area is 125 Å². The van der Waals surface area contributed by atoms with Crippen LogP contribution < -0.4 is 20.9 Å². The standard InChI is InChI=1S/C12H18N4O6/c1-21-9-6-10(14-3-2-13-6)15-16(11(9)20)12-8(19)7(18)5(4-17)22-12/h5,7-8,12-13,17-19H,2-4H2,1H3,(H,14,15)/t5-,7-,8-,12-/m1/s1. The van der Waals surface area contributed by atoms with E-state index in [4.69, 9.17) is 14.6 Å². The lowest BCUT2D eigenvalue weighted by molar-refractivity contribution is -0.0610. The molecule has 3 heterocycles. The van der Waals surface area contributed by atoms with E-state index in [1.165, 1.54) is 7.11 Å². The Morgan fingerprint density at radius 2 is 2.09 bits per heavy atom. The predicted octanol–water partition coefficient (Wildman–Crippen LogP) is -2.30. The summed E-state index contributed by atoms with van der Waals surface area (Å²) < 4.78 is 11.4. The summed E-state index contributed by atoms with van der Waals surface area (Å²) in [5.74, 6) is 0.426. The van der Waals surface area contributed by atoms with Crippen molar-refractivity contribution in [2.45, 2.75) is 24.5 Å². The van der Waals surface area contributed by atoms with Gasteiger partial charge in [0.2, 0.25) is 5.75 Å². The van der Waals surface area contributed by atoms with Crippen molar-refractivity contribution in [3.8, 4) is 5.75 Å². The predicted molar refractivity (Wildman–Crippen MR) is 75.0 cm³/mol. The number of hydrogen-bond acceptors (Lipinski definition) is 9. The molecule has 0 spiro atoms. The number of rotatable bonds is 3. The molecule has 0 aromatic carbocycles. The molecule has 1 fully saturated rings. The second kappa shape index (κ2) is 5.72. The minimum atomic E-state index is -1.39. The normalized spacial score (nSPS) is 30.4. The first-order chi connectivity index (χ1) is 10.6. The van der Waals surface area contributed by atoms with Crippen LogP contribution in [-0.2, 0) is 4.74 Å². The summed E-state index contributed by atoms with van der Waals surface area (Å²) in [5, 5.41) is 39.2. The van der Waals surface area contributed by atoms with Gasteiger partial charge in [-0.15, -0.1) is 5.10 Å². The van der Waals surface area contributed by atoms with Gasteiger partial charge in [0.25, 0.3) is 0 Å². The lowest BCUT2D eigenvalue weighted by Crippen LogP contribution is -2.38. The summed E-state index contributed by atoms with van der Waals surface area (Å²) >= 11 is 0. The second-order valence-corrected chi connectivity index (χ2v) is 5.09. The Kier molecular flexibility index (Phi) is 3.91. The number of hydrogen-bond donors (Lipinski definition) is 5. The highest BCUT2D eigenvalue weighted by Crippen LogP contribution is 2.33. The Morgan fingerprint density at radius 1 is 1.36 bits per heavy atom. The van der Waals surface area contributed by atoms with Gasteiger partial charge in [-0.3, -0.25) is 4.79 Å².